The maximum Gasteiger partial charge on any atom is 0.129 e. The van der Waals surface area contributed by atoms with Gasteiger partial charge in [-0.15, -0.1) is 0 Å². The van der Waals surface area contributed by atoms with E-state index in [1.165, 1.54) is 18.4 Å². The molecule has 0 aromatic carbocycles. The number of nitrogens with two attached hydrogens (primary N) is 1. The first-order valence-corrected chi connectivity index (χ1v) is 8.01. The van der Waals surface area contributed by atoms with Crippen LogP contribution in [0.1, 0.15) is 64.6 Å². The van der Waals surface area contributed by atoms with Gasteiger partial charge in [-0.3, -0.25) is 0 Å². The Bertz CT molecular complexity index is 397. The lowest BCUT2D eigenvalue weighted by atomic mass is 10.0. The van der Waals surface area contributed by atoms with Crippen LogP contribution in [0.4, 0.5) is 5.82 Å². The van der Waals surface area contributed by atoms with Gasteiger partial charge >= 0.3 is 0 Å². The van der Waals surface area contributed by atoms with Crippen molar-refractivity contribution in [3.05, 3.63) is 23.4 Å². The molecule has 0 saturated carbocycles. The number of nitrogens with zero attached hydrogens (tertiary/aromatic N) is 2. The number of hydrogen-bond donors (Lipinski definition) is 1. The van der Waals surface area contributed by atoms with Crippen LogP contribution >= 0.6 is 0 Å². The van der Waals surface area contributed by atoms with Crippen molar-refractivity contribution in [2.45, 2.75) is 59.9 Å². The molecule has 3 nitrogen and oxygen atoms in total. The van der Waals surface area contributed by atoms with Crippen LogP contribution in [0.3, 0.4) is 0 Å². The van der Waals surface area contributed by atoms with Crippen LogP contribution < -0.4 is 10.6 Å². The number of pyridine rings is 1. The Hall–Kier alpha value is -1.09. The lowest BCUT2D eigenvalue weighted by molar-refractivity contribution is 0.484. The van der Waals surface area contributed by atoms with E-state index < -0.39 is 0 Å². The third-order valence-electron chi connectivity index (χ3n) is 4.06. The third-order valence-corrected chi connectivity index (χ3v) is 4.06. The van der Waals surface area contributed by atoms with Crippen LogP contribution in [-0.4, -0.2) is 18.1 Å². The van der Waals surface area contributed by atoms with Crippen LogP contribution in [0.2, 0.25) is 0 Å². The Labute approximate surface area is 124 Å². The molecule has 3 heteroatoms. The van der Waals surface area contributed by atoms with Gasteiger partial charge in [0.15, 0.2) is 0 Å². The zero-order valence-corrected chi connectivity index (χ0v) is 13.8. The summed E-state index contributed by atoms with van der Waals surface area (Å²) in [7, 11) is 0. The van der Waals surface area contributed by atoms with E-state index >= 15 is 0 Å². The summed E-state index contributed by atoms with van der Waals surface area (Å²) in [6.45, 7) is 13.8. The molecule has 0 aliphatic heterocycles. The summed E-state index contributed by atoms with van der Waals surface area (Å²) < 4.78 is 0. The molecule has 1 aromatic heterocycles. The fraction of sp³-hybridized carbons (Fsp3) is 0.706. The van der Waals surface area contributed by atoms with Crippen LogP contribution in [-0.2, 0) is 6.54 Å². The highest BCUT2D eigenvalue weighted by molar-refractivity contribution is 5.43. The zero-order valence-electron chi connectivity index (χ0n) is 13.8. The van der Waals surface area contributed by atoms with Crippen molar-refractivity contribution < 1.29 is 0 Å². The minimum atomic E-state index is 0.437. The number of hydrogen-bond acceptors (Lipinski definition) is 3. The smallest absolute Gasteiger partial charge is 0.129 e. The Morgan fingerprint density at radius 3 is 2.25 bits per heavy atom. The molecule has 1 rings (SSSR count). The van der Waals surface area contributed by atoms with Crippen molar-refractivity contribution in [2.75, 3.05) is 18.0 Å². The monoisotopic (exact) mass is 277 g/mol. The van der Waals surface area contributed by atoms with E-state index in [2.05, 4.69) is 51.7 Å². The van der Waals surface area contributed by atoms with Crippen LogP contribution in [0.5, 0.6) is 0 Å². The number of rotatable bonds is 8. The molecule has 20 heavy (non-hydrogen) atoms. The Morgan fingerprint density at radius 2 is 1.80 bits per heavy atom. The Kier molecular flexibility index (Phi) is 7.00. The topological polar surface area (TPSA) is 42.1 Å². The van der Waals surface area contributed by atoms with Gasteiger partial charge in [-0.25, -0.2) is 4.98 Å². The summed E-state index contributed by atoms with van der Waals surface area (Å²) in [5.74, 6) is 2.26. The van der Waals surface area contributed by atoms with Gasteiger partial charge in [-0.1, -0.05) is 40.5 Å². The summed E-state index contributed by atoms with van der Waals surface area (Å²) >= 11 is 0. The molecule has 0 fully saturated rings. The van der Waals surface area contributed by atoms with E-state index in [4.69, 9.17) is 10.7 Å². The summed E-state index contributed by atoms with van der Waals surface area (Å²) in [5, 5.41) is 0. The highest BCUT2D eigenvalue weighted by Gasteiger charge is 2.14. The zero-order chi connectivity index (χ0) is 15.1. The largest absolute Gasteiger partial charge is 0.357 e. The van der Waals surface area contributed by atoms with E-state index in [0.717, 1.165) is 30.5 Å². The van der Waals surface area contributed by atoms with E-state index in [-0.39, 0.29) is 0 Å². The molecule has 0 aliphatic rings. The first-order valence-electron chi connectivity index (χ1n) is 8.01. The van der Waals surface area contributed by atoms with Crippen molar-refractivity contribution >= 4 is 5.82 Å². The Balaban J connectivity index is 3.04. The van der Waals surface area contributed by atoms with E-state index in [1.54, 1.807) is 0 Å². The minimum Gasteiger partial charge on any atom is -0.357 e. The van der Waals surface area contributed by atoms with Crippen molar-refractivity contribution in [1.29, 1.82) is 0 Å². The van der Waals surface area contributed by atoms with Crippen LogP contribution in [0, 0.1) is 5.92 Å². The van der Waals surface area contributed by atoms with Crippen molar-refractivity contribution in [3.63, 3.8) is 0 Å². The molecule has 2 N–H and O–H groups in total. The van der Waals surface area contributed by atoms with Gasteiger partial charge in [0.05, 0.1) is 0 Å². The SMILES string of the molecule is CCC(CC)CN(CC)c1cc(CN)cc(C(C)C)n1. The molecule has 0 amide bonds. The average Bonchev–Trinajstić information content (AvgIpc) is 2.48. The molecule has 1 heterocycles. The molecular formula is C17H31N3. The lowest BCUT2D eigenvalue weighted by Gasteiger charge is -2.27. The Morgan fingerprint density at radius 1 is 1.15 bits per heavy atom. The van der Waals surface area contributed by atoms with Gasteiger partial charge < -0.3 is 10.6 Å². The first kappa shape index (κ1) is 17.0. The van der Waals surface area contributed by atoms with E-state index in [0.29, 0.717) is 12.5 Å². The molecule has 0 aliphatic carbocycles. The third kappa shape index (κ3) is 4.48. The second kappa shape index (κ2) is 8.25. The molecule has 0 radical (unpaired) electrons. The van der Waals surface area contributed by atoms with Gasteiger partial charge in [-0.2, -0.15) is 0 Å². The van der Waals surface area contributed by atoms with Gasteiger partial charge in [0, 0.05) is 25.3 Å². The van der Waals surface area contributed by atoms with Gasteiger partial charge in [0.2, 0.25) is 0 Å². The maximum absolute atomic E-state index is 5.84. The first-order chi connectivity index (χ1) is 9.55. The van der Waals surface area contributed by atoms with E-state index in [9.17, 15) is 0 Å². The highest BCUT2D eigenvalue weighted by atomic mass is 15.2. The van der Waals surface area contributed by atoms with E-state index in [1.807, 2.05) is 0 Å². The second-order valence-corrected chi connectivity index (χ2v) is 5.84. The van der Waals surface area contributed by atoms with Crippen molar-refractivity contribution in [2.24, 2.45) is 11.7 Å². The summed E-state index contributed by atoms with van der Waals surface area (Å²) in [4.78, 5) is 7.24. The van der Waals surface area contributed by atoms with Crippen LogP contribution in [0.15, 0.2) is 12.1 Å². The summed E-state index contributed by atoms with van der Waals surface area (Å²) in [5.41, 5.74) is 8.16. The molecule has 114 valence electrons. The van der Waals surface area contributed by atoms with Gasteiger partial charge in [0.1, 0.15) is 5.82 Å². The van der Waals surface area contributed by atoms with Crippen molar-refractivity contribution in [3.8, 4) is 0 Å². The lowest BCUT2D eigenvalue weighted by Crippen LogP contribution is -2.30. The summed E-state index contributed by atoms with van der Waals surface area (Å²) in [6.07, 6.45) is 2.45. The fourth-order valence-corrected chi connectivity index (χ4v) is 2.41. The fourth-order valence-electron chi connectivity index (χ4n) is 2.41. The average molecular weight is 277 g/mol. The van der Waals surface area contributed by atoms with Gasteiger partial charge in [-0.05, 0) is 36.5 Å². The molecule has 0 unspecified atom stereocenters. The molecule has 0 atom stereocenters. The quantitative estimate of drug-likeness (QED) is 0.783. The van der Waals surface area contributed by atoms with Crippen LogP contribution in [0.25, 0.3) is 0 Å². The number of anilines is 1. The molecule has 0 spiro atoms. The standard InChI is InChI=1S/C17H31N3/c1-6-14(7-2)12-20(8-3)17-10-15(11-18)9-16(19-17)13(4)5/h9-10,13-14H,6-8,11-12,18H2,1-5H3. The maximum atomic E-state index is 5.84. The second-order valence-electron chi connectivity index (χ2n) is 5.84. The van der Waals surface area contributed by atoms with Gasteiger partial charge in [0.25, 0.3) is 0 Å². The minimum absolute atomic E-state index is 0.437. The normalized spacial score (nSPS) is 11.4. The predicted molar refractivity (Wildman–Crippen MR) is 88.2 cm³/mol. The molecule has 0 bridgehead atoms. The van der Waals surface area contributed by atoms with Crippen molar-refractivity contribution in [1.82, 2.24) is 4.98 Å². The molecule has 0 saturated heterocycles. The summed E-state index contributed by atoms with van der Waals surface area (Å²) in [6, 6.07) is 4.29. The highest BCUT2D eigenvalue weighted by Crippen LogP contribution is 2.22. The molecule has 1 aromatic rings. The predicted octanol–water partition coefficient (Wildman–Crippen LogP) is 3.93. The number of aromatic nitrogens is 1. The molecular weight excluding hydrogens is 246 g/mol.